The number of fused-ring (bicyclic) bond motifs is 1. The molecule has 0 unspecified atom stereocenters. The maximum Gasteiger partial charge on any atom is 0.251 e. The lowest BCUT2D eigenvalue weighted by Gasteiger charge is -2.29. The fraction of sp³-hybridized carbons (Fsp3) is 0.296. The lowest BCUT2D eigenvalue weighted by Crippen LogP contribution is -2.43. The van der Waals surface area contributed by atoms with Crippen molar-refractivity contribution in [2.75, 3.05) is 39.7 Å². The number of anilines is 2. The minimum absolute atomic E-state index is 0.0567. The number of aromatic nitrogens is 3. The second-order valence-electron chi connectivity index (χ2n) is 8.96. The number of methoxy groups -OCH3 is 2. The maximum absolute atomic E-state index is 13.0. The predicted octanol–water partition coefficient (Wildman–Crippen LogP) is 3.98. The van der Waals surface area contributed by atoms with Gasteiger partial charge in [-0.25, -0.2) is 9.97 Å². The third kappa shape index (κ3) is 4.96. The Hall–Kier alpha value is -4.11. The number of hydrogen-bond acceptors (Lipinski definition) is 7. The molecular formula is C27H30N6O3. The number of rotatable bonds is 7. The van der Waals surface area contributed by atoms with Crippen molar-refractivity contribution in [3.05, 3.63) is 66.6 Å². The Morgan fingerprint density at radius 2 is 1.86 bits per heavy atom. The van der Waals surface area contributed by atoms with Crippen LogP contribution in [0.3, 0.4) is 0 Å². The van der Waals surface area contributed by atoms with Crippen LogP contribution in [0.25, 0.3) is 16.9 Å². The van der Waals surface area contributed by atoms with Crippen LogP contribution in [0.2, 0.25) is 0 Å². The Morgan fingerprint density at radius 1 is 1.06 bits per heavy atom. The summed E-state index contributed by atoms with van der Waals surface area (Å²) in [5.41, 5.74) is 3.65. The van der Waals surface area contributed by atoms with Gasteiger partial charge in [0.2, 0.25) is 0 Å². The highest BCUT2D eigenvalue weighted by molar-refractivity contribution is 5.95. The van der Waals surface area contributed by atoms with Crippen LogP contribution < -0.4 is 20.1 Å². The minimum Gasteiger partial charge on any atom is -0.493 e. The van der Waals surface area contributed by atoms with Crippen LogP contribution in [0.1, 0.15) is 23.2 Å². The van der Waals surface area contributed by atoms with Crippen LogP contribution in [0.5, 0.6) is 11.5 Å². The summed E-state index contributed by atoms with van der Waals surface area (Å²) in [4.78, 5) is 24.6. The predicted molar refractivity (Wildman–Crippen MR) is 139 cm³/mol. The molecule has 2 N–H and O–H groups in total. The topological polar surface area (TPSA) is 93.0 Å². The summed E-state index contributed by atoms with van der Waals surface area (Å²) in [6, 6.07) is 13.3. The van der Waals surface area contributed by atoms with Gasteiger partial charge in [0.1, 0.15) is 0 Å². The first-order chi connectivity index (χ1) is 17.5. The highest BCUT2D eigenvalue weighted by Gasteiger charge is 2.19. The second kappa shape index (κ2) is 10.2. The number of benzene rings is 2. The number of carbonyl (C=O) groups excluding carboxylic acids is 1. The van der Waals surface area contributed by atoms with E-state index in [0.717, 1.165) is 42.9 Å². The van der Waals surface area contributed by atoms with E-state index < -0.39 is 0 Å². The molecule has 0 spiro atoms. The van der Waals surface area contributed by atoms with Crippen LogP contribution in [0.4, 0.5) is 11.5 Å². The summed E-state index contributed by atoms with van der Waals surface area (Å²) >= 11 is 0. The van der Waals surface area contributed by atoms with Crippen LogP contribution >= 0.6 is 0 Å². The quantitative estimate of drug-likeness (QED) is 0.408. The number of ether oxygens (including phenoxy) is 2. The standard InChI is InChI=1S/C27H30N6O3/c1-32-12-9-20(10-13-32)30-27(34)19-6-4-5-18(15-19)22-17-33-14-11-28-26(33)25(31-22)29-21-7-8-23(35-2)24(16-21)36-3/h4-8,11,14-17,20H,9-10,12-13H2,1-3H3,(H,29,31)(H,30,34). The van der Waals surface area contributed by atoms with Gasteiger partial charge in [-0.15, -0.1) is 0 Å². The molecular weight excluding hydrogens is 456 g/mol. The van der Waals surface area contributed by atoms with E-state index in [0.29, 0.717) is 28.5 Å². The van der Waals surface area contributed by atoms with E-state index >= 15 is 0 Å². The molecule has 5 rings (SSSR count). The summed E-state index contributed by atoms with van der Waals surface area (Å²) in [6.07, 6.45) is 7.44. The van der Waals surface area contributed by atoms with Gasteiger partial charge < -0.3 is 29.4 Å². The smallest absolute Gasteiger partial charge is 0.251 e. The maximum atomic E-state index is 13.0. The summed E-state index contributed by atoms with van der Waals surface area (Å²) in [5.74, 6) is 1.79. The van der Waals surface area contributed by atoms with Gasteiger partial charge >= 0.3 is 0 Å². The lowest BCUT2D eigenvalue weighted by atomic mass is 10.0. The average molecular weight is 487 g/mol. The molecule has 1 amide bonds. The van der Waals surface area contributed by atoms with E-state index in [1.807, 2.05) is 59.3 Å². The number of amides is 1. The van der Waals surface area contributed by atoms with Gasteiger partial charge in [-0.05, 0) is 57.2 Å². The average Bonchev–Trinajstić information content (AvgIpc) is 3.39. The molecule has 36 heavy (non-hydrogen) atoms. The van der Waals surface area contributed by atoms with Gasteiger partial charge in [0, 0.05) is 47.5 Å². The van der Waals surface area contributed by atoms with Crippen molar-refractivity contribution in [1.29, 1.82) is 0 Å². The van der Waals surface area contributed by atoms with Crippen molar-refractivity contribution >= 4 is 23.1 Å². The number of nitrogens with one attached hydrogen (secondary N) is 2. The van der Waals surface area contributed by atoms with Crippen molar-refractivity contribution in [1.82, 2.24) is 24.6 Å². The lowest BCUT2D eigenvalue weighted by molar-refractivity contribution is 0.0917. The molecule has 0 atom stereocenters. The number of likely N-dealkylation sites (tertiary alicyclic amines) is 1. The first kappa shape index (κ1) is 23.6. The minimum atomic E-state index is -0.0567. The third-order valence-corrected chi connectivity index (χ3v) is 6.49. The van der Waals surface area contributed by atoms with Gasteiger partial charge in [-0.1, -0.05) is 12.1 Å². The largest absolute Gasteiger partial charge is 0.493 e. The molecule has 1 saturated heterocycles. The van der Waals surface area contributed by atoms with Crippen molar-refractivity contribution in [3.63, 3.8) is 0 Å². The summed E-state index contributed by atoms with van der Waals surface area (Å²) in [6.45, 7) is 1.99. The van der Waals surface area contributed by atoms with E-state index in [9.17, 15) is 4.79 Å². The Kier molecular flexibility index (Phi) is 6.73. The van der Waals surface area contributed by atoms with Gasteiger partial charge in [0.05, 0.1) is 19.9 Å². The molecule has 9 heteroatoms. The van der Waals surface area contributed by atoms with Crippen molar-refractivity contribution in [2.24, 2.45) is 0 Å². The molecule has 0 aliphatic carbocycles. The zero-order valence-electron chi connectivity index (χ0n) is 20.7. The van der Waals surface area contributed by atoms with Gasteiger partial charge in [-0.2, -0.15) is 0 Å². The number of carbonyl (C=O) groups is 1. The molecule has 0 bridgehead atoms. The molecule has 1 fully saturated rings. The molecule has 0 radical (unpaired) electrons. The second-order valence-corrected chi connectivity index (χ2v) is 8.96. The van der Waals surface area contributed by atoms with E-state index in [4.69, 9.17) is 14.5 Å². The normalized spacial score (nSPS) is 14.5. The highest BCUT2D eigenvalue weighted by Crippen LogP contribution is 2.32. The Bertz CT molecular complexity index is 1380. The third-order valence-electron chi connectivity index (χ3n) is 6.49. The monoisotopic (exact) mass is 486 g/mol. The summed E-state index contributed by atoms with van der Waals surface area (Å²) < 4.78 is 12.7. The van der Waals surface area contributed by atoms with E-state index in [1.54, 1.807) is 20.4 Å². The van der Waals surface area contributed by atoms with Crippen molar-refractivity contribution < 1.29 is 14.3 Å². The molecule has 2 aromatic carbocycles. The first-order valence-electron chi connectivity index (χ1n) is 12.0. The molecule has 9 nitrogen and oxygen atoms in total. The molecule has 2 aromatic heterocycles. The van der Waals surface area contributed by atoms with Crippen molar-refractivity contribution in [3.8, 4) is 22.8 Å². The molecule has 3 heterocycles. The molecule has 1 aliphatic rings. The number of hydrogen-bond donors (Lipinski definition) is 2. The summed E-state index contributed by atoms with van der Waals surface area (Å²) in [5, 5.41) is 6.54. The number of nitrogens with zero attached hydrogens (tertiary/aromatic N) is 4. The van der Waals surface area contributed by atoms with Gasteiger partial charge in [0.25, 0.3) is 5.91 Å². The van der Waals surface area contributed by atoms with Crippen LogP contribution in [0.15, 0.2) is 61.1 Å². The van der Waals surface area contributed by atoms with E-state index in [1.165, 1.54) is 0 Å². The Morgan fingerprint density at radius 3 is 2.64 bits per heavy atom. The van der Waals surface area contributed by atoms with E-state index in [-0.39, 0.29) is 11.9 Å². The molecule has 4 aromatic rings. The van der Waals surface area contributed by atoms with E-state index in [2.05, 4.69) is 27.6 Å². The van der Waals surface area contributed by atoms with Crippen molar-refractivity contribution in [2.45, 2.75) is 18.9 Å². The fourth-order valence-corrected chi connectivity index (χ4v) is 4.45. The first-order valence-corrected chi connectivity index (χ1v) is 12.0. The SMILES string of the molecule is COc1ccc(Nc2nc(-c3cccc(C(=O)NC4CCN(C)CC4)c3)cn3ccnc23)cc1OC. The van der Waals surface area contributed by atoms with Crippen LogP contribution in [0, 0.1) is 0 Å². The number of piperidine rings is 1. The summed E-state index contributed by atoms with van der Waals surface area (Å²) in [7, 11) is 5.31. The zero-order valence-corrected chi connectivity index (χ0v) is 20.7. The molecule has 1 aliphatic heterocycles. The fourth-order valence-electron chi connectivity index (χ4n) is 4.45. The Balaban J connectivity index is 1.42. The van der Waals surface area contributed by atoms with Crippen LogP contribution in [-0.4, -0.2) is 65.6 Å². The molecule has 186 valence electrons. The molecule has 0 saturated carbocycles. The number of imidazole rings is 1. The van der Waals surface area contributed by atoms with Gasteiger partial charge in [0.15, 0.2) is 23.0 Å². The Labute approximate surface area is 210 Å². The van der Waals surface area contributed by atoms with Crippen LogP contribution in [-0.2, 0) is 0 Å². The zero-order chi connectivity index (χ0) is 25.1. The highest BCUT2D eigenvalue weighted by atomic mass is 16.5. The van der Waals surface area contributed by atoms with Gasteiger partial charge in [-0.3, -0.25) is 4.79 Å².